The molecular formula is C55H70N7O15P. The van der Waals surface area contributed by atoms with Crippen LogP contribution in [0.5, 0.6) is 11.5 Å². The van der Waals surface area contributed by atoms with Crippen LogP contribution in [-0.4, -0.2) is 132 Å². The third-order valence-electron chi connectivity index (χ3n) is 13.6. The van der Waals surface area contributed by atoms with Crippen molar-refractivity contribution in [3.8, 4) is 17.6 Å². The first kappa shape index (κ1) is 59.3. The van der Waals surface area contributed by atoms with Gasteiger partial charge >= 0.3 is 17.3 Å². The minimum atomic E-state index is -1.89. The average Bonchev–Trinajstić information content (AvgIpc) is 4.00. The van der Waals surface area contributed by atoms with E-state index in [1.165, 1.54) is 40.6 Å². The smallest absolute Gasteiger partial charge is 0.330 e. The van der Waals surface area contributed by atoms with Crippen LogP contribution in [0.2, 0.25) is 0 Å². The Labute approximate surface area is 453 Å². The summed E-state index contributed by atoms with van der Waals surface area (Å²) in [7, 11) is 4.40. The molecule has 0 amide bonds. The molecule has 420 valence electrons. The number of methoxy groups -OCH3 is 3. The van der Waals surface area contributed by atoms with Crippen molar-refractivity contribution in [1.29, 1.82) is 5.26 Å². The molecule has 2 aliphatic heterocycles. The van der Waals surface area contributed by atoms with Crippen molar-refractivity contribution in [3.63, 3.8) is 0 Å². The lowest BCUT2D eigenvalue weighted by molar-refractivity contribution is -0.191. The number of aromatic amines is 2. The van der Waals surface area contributed by atoms with Gasteiger partial charge in [-0.15, -0.1) is 0 Å². The molecule has 2 N–H and O–H groups in total. The van der Waals surface area contributed by atoms with Gasteiger partial charge in [-0.2, -0.15) is 10.3 Å². The average molecular weight is 1100 g/mol. The van der Waals surface area contributed by atoms with Crippen molar-refractivity contribution in [2.24, 2.45) is 5.92 Å². The van der Waals surface area contributed by atoms with Gasteiger partial charge in [-0.1, -0.05) is 54.6 Å². The second-order valence-corrected chi connectivity index (χ2v) is 21.0. The van der Waals surface area contributed by atoms with Crippen molar-refractivity contribution < 1.29 is 51.8 Å². The van der Waals surface area contributed by atoms with Crippen LogP contribution in [0.3, 0.4) is 0 Å². The zero-order valence-corrected chi connectivity index (χ0v) is 46.7. The van der Waals surface area contributed by atoms with E-state index in [1.54, 1.807) is 35.1 Å². The monoisotopic (exact) mass is 1100 g/mol. The number of carbonyl (C=O) groups excluding carboxylic acids is 1. The fourth-order valence-electron chi connectivity index (χ4n) is 9.95. The van der Waals surface area contributed by atoms with E-state index >= 15 is 0 Å². The van der Waals surface area contributed by atoms with Gasteiger partial charge in [-0.3, -0.25) is 38.3 Å². The molecule has 0 saturated carbocycles. The normalized spacial score (nSPS) is 21.8. The molecule has 3 aromatic carbocycles. The molecule has 9 atom stereocenters. The molecule has 0 spiro atoms. The summed E-state index contributed by atoms with van der Waals surface area (Å²) in [5.41, 5.74) is -1.29. The molecule has 2 fully saturated rings. The van der Waals surface area contributed by atoms with E-state index in [2.05, 4.69) is 16.0 Å². The molecule has 4 heterocycles. The summed E-state index contributed by atoms with van der Waals surface area (Å²) in [6.07, 6.45) is -4.54. The highest BCUT2D eigenvalue weighted by atomic mass is 31.2. The predicted octanol–water partition coefficient (Wildman–Crippen LogP) is 5.61. The Hall–Kier alpha value is -6.35. The molecular weight excluding hydrogens is 1030 g/mol. The lowest BCUT2D eigenvalue weighted by Gasteiger charge is -2.38. The maximum absolute atomic E-state index is 13.7. The molecule has 0 radical (unpaired) electrons. The lowest BCUT2D eigenvalue weighted by atomic mass is 9.80. The quantitative estimate of drug-likeness (QED) is 0.0237. The highest BCUT2D eigenvalue weighted by molar-refractivity contribution is 7.44. The maximum Gasteiger partial charge on any atom is 0.330 e. The zero-order chi connectivity index (χ0) is 56.4. The summed E-state index contributed by atoms with van der Waals surface area (Å²) < 4.78 is 61.8. The van der Waals surface area contributed by atoms with E-state index in [-0.39, 0.29) is 56.0 Å². The zero-order valence-electron chi connectivity index (χ0n) is 45.8. The Bertz CT molecular complexity index is 3020. The van der Waals surface area contributed by atoms with Crippen molar-refractivity contribution >= 4 is 14.5 Å². The molecule has 22 nitrogen and oxygen atoms in total. The first-order chi connectivity index (χ1) is 37.3. The molecule has 2 saturated heterocycles. The summed E-state index contributed by atoms with van der Waals surface area (Å²) in [6, 6.07) is 26.6. The van der Waals surface area contributed by atoms with Crippen molar-refractivity contribution in [1.82, 2.24) is 28.8 Å². The van der Waals surface area contributed by atoms with Gasteiger partial charge in [-0.25, -0.2) is 14.3 Å². The Balaban J connectivity index is 1.28. The van der Waals surface area contributed by atoms with Gasteiger partial charge in [0.2, 0.25) is 0 Å². The minimum absolute atomic E-state index is 0.0185. The van der Waals surface area contributed by atoms with E-state index in [9.17, 15) is 29.2 Å². The van der Waals surface area contributed by atoms with Crippen LogP contribution >= 0.6 is 8.53 Å². The van der Waals surface area contributed by atoms with E-state index in [4.69, 9.17) is 47.0 Å². The number of hydrogen-bond acceptors (Lipinski definition) is 18. The fraction of sp³-hybridized carbons (Fsp3) is 0.491. The molecule has 78 heavy (non-hydrogen) atoms. The van der Waals surface area contributed by atoms with Crippen molar-refractivity contribution in [3.05, 3.63) is 161 Å². The summed E-state index contributed by atoms with van der Waals surface area (Å²) >= 11 is 0. The van der Waals surface area contributed by atoms with Gasteiger partial charge < -0.3 is 42.2 Å². The number of esters is 1. The number of ether oxygens (including phenoxy) is 7. The number of nitriles is 1. The second kappa shape index (κ2) is 26.5. The Morgan fingerprint density at radius 1 is 0.744 bits per heavy atom. The summed E-state index contributed by atoms with van der Waals surface area (Å²) in [5, 5.41) is 11.0. The van der Waals surface area contributed by atoms with Crippen LogP contribution in [0.25, 0.3) is 0 Å². The number of carbonyl (C=O) groups is 1. The number of nitrogens with one attached hydrogen (secondary N) is 2. The summed E-state index contributed by atoms with van der Waals surface area (Å²) in [4.78, 5) is 76.8. The molecule has 2 aromatic heterocycles. The van der Waals surface area contributed by atoms with Crippen LogP contribution < -0.4 is 32.0 Å². The van der Waals surface area contributed by atoms with E-state index in [0.29, 0.717) is 11.5 Å². The predicted molar refractivity (Wildman–Crippen MR) is 287 cm³/mol. The number of nitrogens with zero attached hydrogens (tertiary/aromatic N) is 5. The number of H-pyrrole nitrogens is 2. The number of hydroxylamine groups is 2. The van der Waals surface area contributed by atoms with Crippen molar-refractivity contribution in [2.75, 3.05) is 54.7 Å². The van der Waals surface area contributed by atoms with Crippen LogP contribution in [0.1, 0.15) is 81.3 Å². The third kappa shape index (κ3) is 13.2. The Morgan fingerprint density at radius 3 is 1.74 bits per heavy atom. The first-order valence-electron chi connectivity index (χ1n) is 25.6. The number of aromatic nitrogens is 4. The van der Waals surface area contributed by atoms with Gasteiger partial charge in [0.05, 0.1) is 52.6 Å². The molecule has 2 aliphatic rings. The third-order valence-corrected chi connectivity index (χ3v) is 15.8. The summed E-state index contributed by atoms with van der Waals surface area (Å²) in [5.74, 6) is -0.228. The van der Waals surface area contributed by atoms with Crippen LogP contribution in [0.15, 0.2) is 110 Å². The van der Waals surface area contributed by atoms with Crippen molar-refractivity contribution in [2.45, 2.75) is 116 Å². The van der Waals surface area contributed by atoms with E-state index < -0.39 is 91.5 Å². The topological polar surface area (TPSA) is 249 Å². The molecule has 23 heteroatoms. The van der Waals surface area contributed by atoms with Gasteiger partial charge in [-0.05, 0) is 82.5 Å². The SMILES string of the molecule is COc1ccc(C(OC[C@H]2O[C@@H](n3cc(C)c(=O)[nH]c3=O)[C@H](OC(C)=O)[C@@H]2CN(C)OC[C@H]2O[C@@H](n3cc(C)c(=O)[nH]c3=O)[C@H](OC)[C@@H]2OP(OCCC#N)N(C(C)C)C(C)C)(c2ccccc2)c2ccc(OC)cc2)cc1. The van der Waals surface area contributed by atoms with Gasteiger partial charge in [0, 0.05) is 69.1 Å². The van der Waals surface area contributed by atoms with Crippen LogP contribution in [-0.2, 0) is 48.0 Å². The molecule has 0 bridgehead atoms. The number of rotatable bonds is 25. The maximum atomic E-state index is 13.7. The Kier molecular flexibility index (Phi) is 20.2. The van der Waals surface area contributed by atoms with E-state index in [0.717, 1.165) is 16.7 Å². The first-order valence-corrected chi connectivity index (χ1v) is 26.7. The molecule has 0 aliphatic carbocycles. The van der Waals surface area contributed by atoms with Gasteiger partial charge in [0.15, 0.2) is 18.6 Å². The largest absolute Gasteiger partial charge is 0.497 e. The number of benzene rings is 3. The Morgan fingerprint density at radius 2 is 1.26 bits per heavy atom. The molecule has 1 unspecified atom stereocenters. The number of aryl methyl sites for hydroxylation is 2. The molecule has 7 rings (SSSR count). The lowest BCUT2D eigenvalue weighted by Crippen LogP contribution is -2.44. The minimum Gasteiger partial charge on any atom is -0.497 e. The standard InChI is InChI=1S/C55H70N7O15P/c1-33(2)62(34(3)4)78(73-27-15-26-56)77-47-45(76-52(48(47)70-11)61-29-36(6)50(65)58-54(61)67)32-72-59(8)30-43-44(75-51(46(43)74-37(7)63)60-28-35(5)49(64)57-53(60)66)31-71-55(38-16-13-12-14-17-38,39-18-22-41(68-9)23-19-39)40-20-24-42(69-10)25-21-40/h12-14,16-25,28-29,33-34,43-48,51-52H,15,27,30-32H2,1-11H3,(H,57,64,66)(H,58,65,67)/t43-,44-,45-,46-,47-,48-,51-,52-,78?/m1/s1. The number of hydrogen-bond donors (Lipinski definition) is 2. The van der Waals surface area contributed by atoms with Gasteiger partial charge in [0.25, 0.3) is 19.6 Å². The van der Waals surface area contributed by atoms with E-state index in [1.807, 2.05) is 111 Å². The van der Waals surface area contributed by atoms with Crippen LogP contribution in [0, 0.1) is 31.1 Å². The summed E-state index contributed by atoms with van der Waals surface area (Å²) in [6.45, 7) is 12.0. The second-order valence-electron chi connectivity index (χ2n) is 19.6. The highest BCUT2D eigenvalue weighted by Crippen LogP contribution is 2.51. The highest BCUT2D eigenvalue weighted by Gasteiger charge is 2.52. The van der Waals surface area contributed by atoms with Crippen LogP contribution in [0.4, 0.5) is 0 Å². The fourth-order valence-corrected chi connectivity index (χ4v) is 11.7. The molecule has 5 aromatic rings. The van der Waals surface area contributed by atoms with Gasteiger partial charge in [0.1, 0.15) is 35.4 Å².